The molecule has 0 bridgehead atoms. The van der Waals surface area contributed by atoms with E-state index in [2.05, 4.69) is 15.3 Å². The first-order chi connectivity index (χ1) is 7.69. The first-order valence-corrected chi connectivity index (χ1v) is 6.32. The molecule has 1 N–H and O–H groups in total. The summed E-state index contributed by atoms with van der Waals surface area (Å²) in [7, 11) is 3.53. The minimum atomic E-state index is -0.0933. The number of thioether (sulfide) groups is 1. The largest absolute Gasteiger partial charge is 0.372 e. The quantitative estimate of drug-likeness (QED) is 0.830. The van der Waals surface area contributed by atoms with E-state index >= 15 is 0 Å². The van der Waals surface area contributed by atoms with E-state index in [1.54, 1.807) is 37.0 Å². The van der Waals surface area contributed by atoms with Gasteiger partial charge in [-0.05, 0) is 6.26 Å². The lowest BCUT2D eigenvalue weighted by molar-refractivity contribution is 0.0797. The molecular weight excluding hydrogens is 224 g/mol. The lowest BCUT2D eigenvalue weighted by atomic mass is 10.4. The molecule has 88 valence electrons. The van der Waals surface area contributed by atoms with E-state index in [-0.39, 0.29) is 5.91 Å². The average Bonchev–Trinajstić information content (AvgIpc) is 2.35. The third kappa shape index (κ3) is 3.37. The highest BCUT2D eigenvalue weighted by Crippen LogP contribution is 2.03. The average molecular weight is 240 g/mol. The number of anilines is 1. The third-order valence-corrected chi connectivity index (χ3v) is 2.70. The van der Waals surface area contributed by atoms with E-state index in [1.807, 2.05) is 6.26 Å². The number of amides is 1. The topological polar surface area (TPSA) is 58.1 Å². The fraction of sp³-hybridized carbons (Fsp3) is 0.500. The second kappa shape index (κ2) is 6.32. The Bertz CT molecular complexity index is 341. The number of hydrogen-bond acceptors (Lipinski definition) is 5. The van der Waals surface area contributed by atoms with Gasteiger partial charge in [-0.15, -0.1) is 0 Å². The summed E-state index contributed by atoms with van der Waals surface area (Å²) in [5.74, 6) is 1.48. The van der Waals surface area contributed by atoms with E-state index in [0.717, 1.165) is 12.3 Å². The Morgan fingerprint density at radius 3 is 2.75 bits per heavy atom. The summed E-state index contributed by atoms with van der Waals surface area (Å²) in [5.41, 5.74) is 0.377. The van der Waals surface area contributed by atoms with Gasteiger partial charge in [-0.25, -0.2) is 9.97 Å². The van der Waals surface area contributed by atoms with Crippen LogP contribution in [-0.4, -0.2) is 53.4 Å². The molecule has 16 heavy (non-hydrogen) atoms. The van der Waals surface area contributed by atoms with E-state index in [9.17, 15) is 4.79 Å². The van der Waals surface area contributed by atoms with Gasteiger partial charge in [-0.1, -0.05) is 0 Å². The number of nitrogens with one attached hydrogen (secondary N) is 1. The van der Waals surface area contributed by atoms with Crippen molar-refractivity contribution in [1.29, 1.82) is 0 Å². The van der Waals surface area contributed by atoms with Crippen molar-refractivity contribution in [3.63, 3.8) is 0 Å². The number of hydrogen-bond donors (Lipinski definition) is 1. The molecule has 0 fully saturated rings. The maximum atomic E-state index is 11.8. The van der Waals surface area contributed by atoms with Gasteiger partial charge in [0.1, 0.15) is 11.5 Å². The van der Waals surface area contributed by atoms with Crippen LogP contribution in [-0.2, 0) is 0 Å². The molecule has 0 radical (unpaired) electrons. The summed E-state index contributed by atoms with van der Waals surface area (Å²) in [6, 6.07) is 0. The van der Waals surface area contributed by atoms with Crippen LogP contribution in [0.15, 0.2) is 12.4 Å². The molecule has 1 rings (SSSR count). The molecule has 1 heterocycles. The van der Waals surface area contributed by atoms with Gasteiger partial charge >= 0.3 is 0 Å². The fourth-order valence-electron chi connectivity index (χ4n) is 1.09. The van der Waals surface area contributed by atoms with Gasteiger partial charge in [-0.3, -0.25) is 4.79 Å². The Balaban J connectivity index is 2.64. The Hall–Kier alpha value is -1.30. The summed E-state index contributed by atoms with van der Waals surface area (Å²) >= 11 is 1.71. The van der Waals surface area contributed by atoms with Crippen molar-refractivity contribution in [2.75, 3.05) is 38.0 Å². The number of carbonyl (C=O) groups is 1. The van der Waals surface area contributed by atoms with Crippen LogP contribution in [0, 0.1) is 0 Å². The van der Waals surface area contributed by atoms with Crippen LogP contribution in [0.4, 0.5) is 5.82 Å². The Morgan fingerprint density at radius 2 is 2.25 bits per heavy atom. The van der Waals surface area contributed by atoms with E-state index < -0.39 is 0 Å². The van der Waals surface area contributed by atoms with Crippen LogP contribution < -0.4 is 5.32 Å². The van der Waals surface area contributed by atoms with Crippen molar-refractivity contribution in [3.8, 4) is 0 Å². The van der Waals surface area contributed by atoms with Crippen LogP contribution in [0.25, 0.3) is 0 Å². The molecule has 0 aliphatic rings. The second-order valence-electron chi connectivity index (χ2n) is 3.26. The SMILES string of the molecule is CNc1cnc(C(=O)N(C)CCSC)cn1. The zero-order chi connectivity index (χ0) is 12.0. The normalized spacial score (nSPS) is 9.94. The van der Waals surface area contributed by atoms with Crippen LogP contribution in [0.1, 0.15) is 10.5 Å². The molecule has 0 saturated carbocycles. The van der Waals surface area contributed by atoms with Crippen molar-refractivity contribution in [2.45, 2.75) is 0 Å². The monoisotopic (exact) mass is 240 g/mol. The number of nitrogens with zero attached hydrogens (tertiary/aromatic N) is 3. The maximum Gasteiger partial charge on any atom is 0.273 e. The van der Waals surface area contributed by atoms with Gasteiger partial charge in [0, 0.05) is 26.4 Å². The van der Waals surface area contributed by atoms with Gasteiger partial charge in [0.05, 0.1) is 12.4 Å². The zero-order valence-electron chi connectivity index (χ0n) is 9.73. The molecule has 6 heteroatoms. The molecule has 0 aliphatic carbocycles. The van der Waals surface area contributed by atoms with Crippen molar-refractivity contribution in [1.82, 2.24) is 14.9 Å². The summed E-state index contributed by atoms with van der Waals surface area (Å²) in [6.45, 7) is 0.718. The van der Waals surface area contributed by atoms with Crippen molar-refractivity contribution in [3.05, 3.63) is 18.1 Å². The van der Waals surface area contributed by atoms with E-state index in [0.29, 0.717) is 11.5 Å². The molecule has 0 aliphatic heterocycles. The van der Waals surface area contributed by atoms with Gasteiger partial charge in [-0.2, -0.15) is 11.8 Å². The van der Waals surface area contributed by atoms with E-state index in [4.69, 9.17) is 0 Å². The fourth-order valence-corrected chi connectivity index (χ4v) is 1.55. The summed E-state index contributed by atoms with van der Waals surface area (Å²) in [5, 5.41) is 2.85. The Kier molecular flexibility index (Phi) is 5.04. The van der Waals surface area contributed by atoms with Crippen LogP contribution in [0.5, 0.6) is 0 Å². The molecule has 0 unspecified atom stereocenters. The minimum absolute atomic E-state index is 0.0933. The minimum Gasteiger partial charge on any atom is -0.372 e. The predicted molar refractivity (Wildman–Crippen MR) is 66.9 cm³/mol. The summed E-state index contributed by atoms with van der Waals surface area (Å²) in [4.78, 5) is 21.6. The smallest absolute Gasteiger partial charge is 0.273 e. The summed E-state index contributed by atoms with van der Waals surface area (Å²) in [6.07, 6.45) is 5.05. The highest BCUT2D eigenvalue weighted by Gasteiger charge is 2.12. The Morgan fingerprint density at radius 1 is 1.50 bits per heavy atom. The molecule has 0 atom stereocenters. The molecule has 5 nitrogen and oxygen atoms in total. The Labute approximate surface area is 99.7 Å². The number of rotatable bonds is 5. The molecular formula is C10H16N4OS. The van der Waals surface area contributed by atoms with Gasteiger partial charge in [0.15, 0.2) is 0 Å². The lowest BCUT2D eigenvalue weighted by Crippen LogP contribution is -2.29. The van der Waals surface area contributed by atoms with Crippen molar-refractivity contribution < 1.29 is 4.79 Å². The highest BCUT2D eigenvalue weighted by atomic mass is 32.2. The first-order valence-electron chi connectivity index (χ1n) is 4.93. The molecule has 0 spiro atoms. The predicted octanol–water partition coefficient (Wildman–Crippen LogP) is 0.953. The third-order valence-electron chi connectivity index (χ3n) is 2.10. The number of aromatic nitrogens is 2. The highest BCUT2D eigenvalue weighted by molar-refractivity contribution is 7.98. The van der Waals surface area contributed by atoms with Crippen LogP contribution in [0.3, 0.4) is 0 Å². The van der Waals surface area contributed by atoms with Crippen molar-refractivity contribution >= 4 is 23.5 Å². The van der Waals surface area contributed by atoms with Gasteiger partial charge < -0.3 is 10.2 Å². The maximum absolute atomic E-state index is 11.8. The number of carbonyl (C=O) groups excluding carboxylic acids is 1. The lowest BCUT2D eigenvalue weighted by Gasteiger charge is -2.15. The molecule has 0 aromatic carbocycles. The van der Waals surface area contributed by atoms with Crippen molar-refractivity contribution in [2.24, 2.45) is 0 Å². The van der Waals surface area contributed by atoms with Gasteiger partial charge in [0.25, 0.3) is 5.91 Å². The summed E-state index contributed by atoms with van der Waals surface area (Å²) < 4.78 is 0. The zero-order valence-corrected chi connectivity index (χ0v) is 10.5. The second-order valence-corrected chi connectivity index (χ2v) is 4.24. The van der Waals surface area contributed by atoms with Crippen LogP contribution in [0.2, 0.25) is 0 Å². The van der Waals surface area contributed by atoms with E-state index in [1.165, 1.54) is 6.20 Å². The molecule has 1 aromatic heterocycles. The molecule has 1 aromatic rings. The molecule has 1 amide bonds. The van der Waals surface area contributed by atoms with Crippen LogP contribution >= 0.6 is 11.8 Å². The first kappa shape index (κ1) is 12.8. The van der Waals surface area contributed by atoms with Gasteiger partial charge in [0.2, 0.25) is 0 Å². The standard InChI is InChI=1S/C10H16N4OS/c1-11-9-7-12-8(6-13-9)10(15)14(2)4-5-16-3/h6-7H,4-5H2,1-3H3,(H,11,13). The molecule has 0 saturated heterocycles.